The Morgan fingerprint density at radius 1 is 1.29 bits per heavy atom. The summed E-state index contributed by atoms with van der Waals surface area (Å²) in [5.41, 5.74) is -1.89. The van der Waals surface area contributed by atoms with E-state index in [1.165, 1.54) is 12.3 Å². The van der Waals surface area contributed by atoms with Crippen molar-refractivity contribution in [3.8, 4) is 0 Å². The molecule has 1 heterocycles. The van der Waals surface area contributed by atoms with Crippen molar-refractivity contribution >= 4 is 39.4 Å². The normalized spacial score (nSPS) is 15.4. The Bertz CT molecular complexity index is 1150. The van der Waals surface area contributed by atoms with E-state index in [1.54, 1.807) is 27.7 Å². The molecule has 12 heteroatoms. The maximum atomic E-state index is 14.5. The van der Waals surface area contributed by atoms with E-state index in [9.17, 15) is 22.4 Å². The van der Waals surface area contributed by atoms with Crippen LogP contribution in [0.4, 0.5) is 15.0 Å². The molecule has 0 spiro atoms. The highest BCUT2D eigenvalue weighted by molar-refractivity contribution is 7.89. The van der Waals surface area contributed by atoms with E-state index >= 15 is 0 Å². The first-order chi connectivity index (χ1) is 14.2. The van der Waals surface area contributed by atoms with Crippen molar-refractivity contribution in [1.29, 1.82) is 0 Å². The smallest absolute Gasteiger partial charge is 0.435 e. The Kier molecular flexibility index (Phi) is 5.89. The molecule has 2 aromatic rings. The molecule has 1 aliphatic carbocycles. The Morgan fingerprint density at radius 2 is 1.94 bits per heavy atom. The third kappa shape index (κ3) is 5.60. The number of benzene rings is 1. The second-order valence-electron chi connectivity index (χ2n) is 8.51. The maximum absolute atomic E-state index is 14.5. The molecule has 1 aliphatic rings. The van der Waals surface area contributed by atoms with Crippen LogP contribution >= 0.6 is 11.6 Å². The maximum Gasteiger partial charge on any atom is 0.435 e. The molecule has 0 atom stereocenters. The van der Waals surface area contributed by atoms with Crippen LogP contribution in [0.2, 0.25) is 5.02 Å². The van der Waals surface area contributed by atoms with Gasteiger partial charge < -0.3 is 10.1 Å². The molecule has 9 nitrogen and oxygen atoms in total. The number of hydrogen-bond acceptors (Lipinski definition) is 6. The summed E-state index contributed by atoms with van der Waals surface area (Å²) in [6, 6.07) is 3.14. The van der Waals surface area contributed by atoms with E-state index in [4.69, 9.17) is 16.3 Å². The minimum atomic E-state index is -4.01. The van der Waals surface area contributed by atoms with Crippen LogP contribution in [0.5, 0.6) is 0 Å². The highest BCUT2D eigenvalue weighted by Crippen LogP contribution is 2.36. The van der Waals surface area contributed by atoms with Gasteiger partial charge >= 0.3 is 6.09 Å². The largest absolute Gasteiger partial charge is 0.442 e. The quantitative estimate of drug-likeness (QED) is 0.686. The van der Waals surface area contributed by atoms with Crippen molar-refractivity contribution in [3.05, 3.63) is 40.8 Å². The van der Waals surface area contributed by atoms with Crippen molar-refractivity contribution in [2.45, 2.75) is 56.6 Å². The molecule has 0 aliphatic heterocycles. The van der Waals surface area contributed by atoms with E-state index in [-0.39, 0.29) is 10.7 Å². The average molecular weight is 473 g/mol. The average Bonchev–Trinajstić information content (AvgIpc) is 3.14. The lowest BCUT2D eigenvalue weighted by atomic mass is 10.2. The number of nitrogens with zero attached hydrogens (tertiary/aromatic N) is 2. The summed E-state index contributed by atoms with van der Waals surface area (Å²) in [4.78, 5) is 24.3. The molecular formula is C19H22ClFN4O5S. The number of halogens is 2. The van der Waals surface area contributed by atoms with Gasteiger partial charge in [-0.2, -0.15) is 4.68 Å². The van der Waals surface area contributed by atoms with Gasteiger partial charge in [-0.3, -0.25) is 4.79 Å². The second kappa shape index (κ2) is 7.88. The van der Waals surface area contributed by atoms with Gasteiger partial charge in [0.25, 0.3) is 5.91 Å². The summed E-state index contributed by atoms with van der Waals surface area (Å²) >= 11 is 5.84. The van der Waals surface area contributed by atoms with Crippen LogP contribution in [-0.2, 0) is 14.8 Å². The fourth-order valence-electron chi connectivity index (χ4n) is 2.54. The van der Waals surface area contributed by atoms with Crippen molar-refractivity contribution in [3.63, 3.8) is 0 Å². The SMILES string of the molecule is CC1(NS(=O)(=O)c2cc(Cl)c(F)c(C(=O)Nc3ccn(C(=O)OC(C)(C)C)n3)c2)CC1. The van der Waals surface area contributed by atoms with Crippen molar-refractivity contribution < 1.29 is 27.1 Å². The van der Waals surface area contributed by atoms with Gasteiger partial charge in [-0.1, -0.05) is 11.6 Å². The molecule has 1 fully saturated rings. The number of anilines is 1. The first-order valence-corrected chi connectivity index (χ1v) is 11.2. The molecule has 0 saturated heterocycles. The molecule has 1 aromatic carbocycles. The third-order valence-corrected chi connectivity index (χ3v) is 6.24. The lowest BCUT2D eigenvalue weighted by Crippen LogP contribution is -2.34. The molecule has 168 valence electrons. The van der Waals surface area contributed by atoms with Crippen LogP contribution in [-0.4, -0.2) is 41.3 Å². The molecule has 0 radical (unpaired) electrons. The third-order valence-electron chi connectivity index (χ3n) is 4.35. The first kappa shape index (κ1) is 23.2. The summed E-state index contributed by atoms with van der Waals surface area (Å²) in [6.07, 6.45) is 1.84. The minimum absolute atomic E-state index is 0.0664. The number of hydrogen-bond donors (Lipinski definition) is 2. The Morgan fingerprint density at radius 3 is 2.52 bits per heavy atom. The predicted octanol–water partition coefficient (Wildman–Crippen LogP) is 3.54. The molecule has 0 unspecified atom stereocenters. The lowest BCUT2D eigenvalue weighted by Gasteiger charge is -2.18. The highest BCUT2D eigenvalue weighted by Gasteiger charge is 2.41. The summed E-state index contributed by atoms with van der Waals surface area (Å²) in [6.45, 7) is 6.79. The number of carbonyl (C=O) groups is 2. The van der Waals surface area contributed by atoms with Gasteiger partial charge in [0.15, 0.2) is 11.6 Å². The molecule has 3 rings (SSSR count). The van der Waals surface area contributed by atoms with E-state index in [1.807, 2.05) is 0 Å². The Hall–Kier alpha value is -2.50. The molecule has 1 aromatic heterocycles. The number of ether oxygens (including phenoxy) is 1. The molecular weight excluding hydrogens is 451 g/mol. The van der Waals surface area contributed by atoms with Gasteiger partial charge in [0.1, 0.15) is 5.60 Å². The van der Waals surface area contributed by atoms with Crippen LogP contribution < -0.4 is 10.0 Å². The highest BCUT2D eigenvalue weighted by atomic mass is 35.5. The van der Waals surface area contributed by atoms with Crippen LogP contribution in [0.25, 0.3) is 0 Å². The van der Waals surface area contributed by atoms with Gasteiger partial charge in [-0.05, 0) is 52.7 Å². The number of sulfonamides is 1. The zero-order chi connectivity index (χ0) is 23.2. The van der Waals surface area contributed by atoms with Crippen LogP contribution in [0.3, 0.4) is 0 Å². The topological polar surface area (TPSA) is 119 Å². The Labute approximate surface area is 184 Å². The zero-order valence-corrected chi connectivity index (χ0v) is 18.9. The van der Waals surface area contributed by atoms with Gasteiger partial charge in [0, 0.05) is 17.8 Å². The monoisotopic (exact) mass is 472 g/mol. The summed E-state index contributed by atoms with van der Waals surface area (Å²) in [7, 11) is -4.01. The predicted molar refractivity (Wildman–Crippen MR) is 111 cm³/mol. The fraction of sp³-hybridized carbons (Fsp3) is 0.421. The standard InChI is InChI=1S/C19H22ClFN4O5S/c1-18(2,3)30-17(27)25-8-5-14(23-25)22-16(26)12-9-11(10-13(20)15(12)21)31(28,29)24-19(4)6-7-19/h5,8-10,24H,6-7H2,1-4H3,(H,22,23,26). The number of aromatic nitrogens is 2. The summed E-state index contributed by atoms with van der Waals surface area (Å²) in [5.74, 6) is -2.13. The molecule has 0 bridgehead atoms. The first-order valence-electron chi connectivity index (χ1n) is 9.33. The molecule has 1 saturated carbocycles. The van der Waals surface area contributed by atoms with Gasteiger partial charge in [-0.25, -0.2) is 22.3 Å². The number of rotatable bonds is 5. The van der Waals surface area contributed by atoms with Gasteiger partial charge in [0.2, 0.25) is 10.0 Å². The zero-order valence-electron chi connectivity index (χ0n) is 17.3. The van der Waals surface area contributed by atoms with Crippen LogP contribution in [0, 0.1) is 5.82 Å². The number of nitrogens with one attached hydrogen (secondary N) is 2. The number of carbonyl (C=O) groups excluding carboxylic acids is 2. The summed E-state index contributed by atoms with van der Waals surface area (Å²) < 4.78 is 48.2. The molecule has 2 N–H and O–H groups in total. The lowest BCUT2D eigenvalue weighted by molar-refractivity contribution is 0.0514. The second-order valence-corrected chi connectivity index (χ2v) is 10.6. The van der Waals surface area contributed by atoms with Crippen LogP contribution in [0.15, 0.2) is 29.3 Å². The fourth-order valence-corrected chi connectivity index (χ4v) is 4.34. The van der Waals surface area contributed by atoms with E-state index in [0.29, 0.717) is 12.8 Å². The van der Waals surface area contributed by atoms with Crippen LogP contribution in [0.1, 0.15) is 50.9 Å². The summed E-state index contributed by atoms with van der Waals surface area (Å²) in [5, 5.41) is 5.65. The number of amides is 1. The Balaban J connectivity index is 1.82. The van der Waals surface area contributed by atoms with Gasteiger partial charge in [-0.15, -0.1) is 5.10 Å². The van der Waals surface area contributed by atoms with E-state index in [2.05, 4.69) is 15.1 Å². The van der Waals surface area contributed by atoms with E-state index < -0.39 is 49.6 Å². The molecule has 31 heavy (non-hydrogen) atoms. The van der Waals surface area contributed by atoms with Crippen molar-refractivity contribution in [2.75, 3.05) is 5.32 Å². The van der Waals surface area contributed by atoms with Gasteiger partial charge in [0.05, 0.1) is 15.5 Å². The minimum Gasteiger partial charge on any atom is -0.442 e. The van der Waals surface area contributed by atoms with Crippen molar-refractivity contribution in [2.24, 2.45) is 0 Å². The molecule has 1 amide bonds. The van der Waals surface area contributed by atoms with E-state index in [0.717, 1.165) is 16.8 Å². The van der Waals surface area contributed by atoms with Crippen molar-refractivity contribution in [1.82, 2.24) is 14.5 Å².